The van der Waals surface area contributed by atoms with Gasteiger partial charge >= 0.3 is 114 Å². The molecule has 2 rings (SSSR count). The van der Waals surface area contributed by atoms with Crippen LogP contribution in [0.2, 0.25) is 0 Å². The SMILES string of the molecule is C.C=[C-][C@@H](N)CNC[CH2-].C=[C-][C@H](CNC[CH2-])N=Cc1cccc([N+](=O)[O-])c1.O=Cc1cccc([N+](=O)[O-])c1.[I][V]([I])[I].[I][V][I].[Y].[Y]. The number of hydrogen-bond acceptors (Lipinski definition) is 9. The van der Waals surface area contributed by atoms with Crippen LogP contribution in [-0.2, 0) is 79.8 Å². The van der Waals surface area contributed by atoms with Crippen LogP contribution in [0.3, 0.4) is 0 Å². The Morgan fingerprint density at radius 2 is 1.34 bits per heavy atom. The number of aldehydes is 1. The number of hydrogen-bond donors (Lipinski definition) is 3. The molecule has 0 saturated carbocycles. The molecule has 0 heterocycles. The number of nitro benzene ring substituents is 2. The Balaban J connectivity index is -0.000000125. The molecule has 20 heteroatoms. The van der Waals surface area contributed by atoms with Crippen LogP contribution >= 0.6 is 99.9 Å². The first-order valence-corrected chi connectivity index (χ1v) is 34.4. The summed E-state index contributed by atoms with van der Waals surface area (Å²) in [5.41, 5.74) is 6.38. The third-order valence-electron chi connectivity index (χ3n) is 4.25. The monoisotopic (exact) mass is 1440 g/mol. The number of nitrogens with two attached hydrogens (primary N) is 1. The summed E-state index contributed by atoms with van der Waals surface area (Å²) < 4.78 is 0. The molecule has 0 aliphatic heterocycles. The van der Waals surface area contributed by atoms with Gasteiger partial charge in [0.2, 0.25) is 0 Å². The fraction of sp³-hybridized carbons (Fsp3) is 0.259. The molecule has 0 aliphatic carbocycles. The Morgan fingerprint density at radius 1 is 0.936 bits per heavy atom. The number of carbonyl (C=O) groups is 1. The van der Waals surface area contributed by atoms with Crippen molar-refractivity contribution >= 4 is 124 Å². The summed E-state index contributed by atoms with van der Waals surface area (Å²) in [4.78, 5) is 33.9. The van der Waals surface area contributed by atoms with Gasteiger partial charge in [0.05, 0.1) is 9.85 Å². The normalized spacial score (nSPS) is 10.2. The van der Waals surface area contributed by atoms with Crippen LogP contribution in [0.25, 0.3) is 0 Å². The van der Waals surface area contributed by atoms with Crippen molar-refractivity contribution in [3.63, 3.8) is 0 Å². The smallest absolute Gasteiger partial charge is 0 e. The molecular weight excluding hydrogens is 1400 g/mol. The summed E-state index contributed by atoms with van der Waals surface area (Å²) in [7, 11) is 0.628. The molecule has 0 aromatic heterocycles. The largest absolute Gasteiger partial charge is 0 e. The van der Waals surface area contributed by atoms with Crippen LogP contribution in [0.15, 0.2) is 66.7 Å². The van der Waals surface area contributed by atoms with E-state index in [-0.39, 0.29) is 101 Å². The van der Waals surface area contributed by atoms with Gasteiger partial charge in [-0.3, -0.25) is 38.2 Å². The van der Waals surface area contributed by atoms with E-state index < -0.39 is 9.85 Å². The fourth-order valence-corrected chi connectivity index (χ4v) is 2.35. The van der Waals surface area contributed by atoms with Crippen molar-refractivity contribution in [3.05, 3.63) is 119 Å². The van der Waals surface area contributed by atoms with Gasteiger partial charge in [0.1, 0.15) is 6.29 Å². The van der Waals surface area contributed by atoms with Gasteiger partial charge < -0.3 is 47.4 Å². The number of halogens is 5. The van der Waals surface area contributed by atoms with Crippen molar-refractivity contribution in [2.45, 2.75) is 19.5 Å². The molecule has 0 spiro atoms. The molecule has 0 aliphatic rings. The zero-order chi connectivity index (χ0) is 34.3. The van der Waals surface area contributed by atoms with Crippen molar-refractivity contribution in [1.29, 1.82) is 0 Å². The van der Waals surface area contributed by atoms with E-state index in [1.165, 1.54) is 36.4 Å². The minimum absolute atomic E-state index is 0. The molecule has 0 fully saturated rings. The number of benzene rings is 2. The van der Waals surface area contributed by atoms with E-state index >= 15 is 0 Å². The van der Waals surface area contributed by atoms with Crippen LogP contribution < -0.4 is 16.4 Å². The van der Waals surface area contributed by atoms with Crippen molar-refractivity contribution in [2.24, 2.45) is 10.7 Å². The number of rotatable bonds is 13. The first kappa shape index (κ1) is 62.0. The number of aliphatic imine (C=N–C) groups is 1. The summed E-state index contributed by atoms with van der Waals surface area (Å²) >= 11 is 12.1. The van der Waals surface area contributed by atoms with E-state index in [2.05, 4.69) is 155 Å². The van der Waals surface area contributed by atoms with Gasteiger partial charge in [-0.25, -0.2) is 0 Å². The van der Waals surface area contributed by atoms with Gasteiger partial charge in [0.15, 0.2) is 0 Å². The second kappa shape index (κ2) is 45.1. The van der Waals surface area contributed by atoms with Crippen molar-refractivity contribution < 1.29 is 94.4 Å². The van der Waals surface area contributed by atoms with Crippen LogP contribution in [0, 0.1) is 46.2 Å². The number of nitrogens with one attached hydrogen (secondary N) is 2. The second-order valence-electron chi connectivity index (χ2n) is 7.29. The summed E-state index contributed by atoms with van der Waals surface area (Å²) in [6, 6.07) is 11.6. The topological polar surface area (TPSA) is 166 Å². The van der Waals surface area contributed by atoms with Gasteiger partial charge in [0, 0.05) is 101 Å². The molecule has 2 radical (unpaired) electrons. The summed E-state index contributed by atoms with van der Waals surface area (Å²) in [6.07, 6.45) is 7.57. The molecule has 2 aromatic carbocycles. The van der Waals surface area contributed by atoms with E-state index in [4.69, 9.17) is 5.73 Å². The average Bonchev–Trinajstić information content (AvgIpc) is 3.00. The van der Waals surface area contributed by atoms with E-state index in [9.17, 15) is 25.0 Å². The Labute approximate surface area is 396 Å². The molecule has 259 valence electrons. The first-order valence-electron chi connectivity index (χ1n) is 11.8. The summed E-state index contributed by atoms with van der Waals surface area (Å²) in [5, 5.41) is 26.8. The quantitative estimate of drug-likeness (QED) is 0.0454. The van der Waals surface area contributed by atoms with Crippen LogP contribution in [0.5, 0.6) is 0 Å². The van der Waals surface area contributed by atoms with E-state index in [1.54, 1.807) is 18.3 Å². The maximum Gasteiger partial charge on any atom is 0 e. The van der Waals surface area contributed by atoms with Crippen LogP contribution in [0.4, 0.5) is 11.4 Å². The van der Waals surface area contributed by atoms with Crippen molar-refractivity contribution in [3.8, 4) is 0 Å². The Kier molecular flexibility index (Phi) is 59.5. The number of non-ortho nitro benzene ring substituents is 2. The predicted octanol–water partition coefficient (Wildman–Crippen LogP) is 7.98. The molecule has 0 bridgehead atoms. The fourth-order valence-electron chi connectivity index (χ4n) is 2.35. The van der Waals surface area contributed by atoms with E-state index in [0.29, 0.717) is 53.1 Å². The minimum Gasteiger partial charge on any atom is 0 e. The minimum atomic E-state index is -0.535. The Morgan fingerprint density at radius 3 is 1.70 bits per heavy atom. The Hall–Kier alpha value is 2.97. The van der Waals surface area contributed by atoms with E-state index in [1.807, 2.05) is 0 Å². The average molecular weight is 1440 g/mol. The molecule has 0 amide bonds. The van der Waals surface area contributed by atoms with Crippen LogP contribution in [-0.4, -0.2) is 60.6 Å². The van der Waals surface area contributed by atoms with E-state index in [0.717, 1.165) is 0 Å². The van der Waals surface area contributed by atoms with Crippen LogP contribution in [0.1, 0.15) is 23.3 Å². The van der Waals surface area contributed by atoms with Crippen molar-refractivity contribution in [2.75, 3.05) is 26.2 Å². The van der Waals surface area contributed by atoms with Gasteiger partial charge in [-0.1, -0.05) is 37.7 Å². The van der Waals surface area contributed by atoms with Gasteiger partial charge in [-0.15, -0.1) is 19.1 Å². The molecule has 4 N–H and O–H groups in total. The molecule has 11 nitrogen and oxygen atoms in total. The predicted molar refractivity (Wildman–Crippen MR) is 222 cm³/mol. The molecule has 47 heavy (non-hydrogen) atoms. The molecular formula is C27H36I5N6O5V2Y2-4. The summed E-state index contributed by atoms with van der Waals surface area (Å²) in [5.74, 6) is 0. The maximum atomic E-state index is 10.6. The molecule has 0 saturated heterocycles. The first-order chi connectivity index (χ1) is 20.9. The number of nitrogens with zero attached hydrogens (tertiary/aromatic N) is 3. The third kappa shape index (κ3) is 43.3. The molecule has 2 atom stereocenters. The zero-order valence-corrected chi connectivity index (χ0v) is 43.7. The third-order valence-corrected chi connectivity index (χ3v) is 4.25. The number of carbonyl (C=O) groups excluding carboxylic acids is 1. The van der Waals surface area contributed by atoms with Gasteiger partial charge in [0.25, 0.3) is 11.4 Å². The summed E-state index contributed by atoms with van der Waals surface area (Å²) in [6.45, 7) is 16.8. The second-order valence-corrected chi connectivity index (χ2v) is 54.5. The number of nitro groups is 2. The zero-order valence-electron chi connectivity index (χ0n) is 24.5. The maximum absolute atomic E-state index is 10.6. The van der Waals surface area contributed by atoms with Gasteiger partial charge in [-0.2, -0.15) is 0 Å². The molecule has 2 aromatic rings. The Bertz CT molecular complexity index is 1130. The van der Waals surface area contributed by atoms with Crippen molar-refractivity contribution in [1.82, 2.24) is 10.6 Å². The molecule has 0 unspecified atom stereocenters. The van der Waals surface area contributed by atoms with Gasteiger partial charge in [-0.05, 0) is 18.7 Å². The standard InChI is InChI=1S/C13H15N3O2.C7H5NO3.C6H12N2.CH4.5HI.2V.2Y/c1-3-12(10-14-4-2)15-9-11-6-5-7-13(8-11)16(17)18;9-5-6-2-1-3-7(4-6)8(10)11;1-3-6(7)5-8-4-2;;;;;;;;;;/h5-9,12,14H,1-2,4,10H2;1-5H;6,8H,1-2,4-5,7H2;1H4;5*1H;;;;/q-2;;-2;;;;;;;+2;+3;;/p-5/t12-;;6-;;;;;;;;;;/m1.1........../s1.